The molecule has 1 aliphatic carbocycles. The number of Topliss-reactive ketones (excluding diaryl/α,β-unsaturated/α-hetero) is 1. The van der Waals surface area contributed by atoms with Gasteiger partial charge in [-0.1, -0.05) is 19.9 Å². The monoisotopic (exact) mass is 428 g/mol. The van der Waals surface area contributed by atoms with Gasteiger partial charge in [0.1, 0.15) is 12.0 Å². The van der Waals surface area contributed by atoms with Crippen molar-refractivity contribution in [2.45, 2.75) is 39.8 Å². The summed E-state index contributed by atoms with van der Waals surface area (Å²) in [4.78, 5) is 30.8. The first-order valence-electron chi connectivity index (χ1n) is 10.7. The molecule has 31 heavy (non-hydrogen) atoms. The Bertz CT molecular complexity index is 925. The van der Waals surface area contributed by atoms with Gasteiger partial charge in [0.2, 0.25) is 0 Å². The molecule has 0 aromatic carbocycles. The highest BCUT2D eigenvalue weighted by molar-refractivity contribution is 6.12. The lowest BCUT2D eigenvalue weighted by Crippen LogP contribution is -2.40. The average Bonchev–Trinajstić information content (AvgIpc) is 2.74. The van der Waals surface area contributed by atoms with Crippen molar-refractivity contribution in [3.63, 3.8) is 0 Å². The maximum absolute atomic E-state index is 13.7. The largest absolute Gasteiger partial charge is 0.490 e. The summed E-state index contributed by atoms with van der Waals surface area (Å²) < 4.78 is 19.4. The number of nitrogens with zero attached hydrogens (tertiary/aromatic N) is 2. The van der Waals surface area contributed by atoms with Gasteiger partial charge < -0.3 is 20.4 Å². The summed E-state index contributed by atoms with van der Waals surface area (Å²) >= 11 is 0. The SMILES string of the molecule is CCOc1cc(C(=O)N2CCC[C@@H](F)C2)cnc1NC1=CC(=N)C(C(=O)C(C)C)C=C1. The number of allylic oxidation sites excluding steroid dienone is 3. The zero-order valence-electron chi connectivity index (χ0n) is 18.2. The Labute approximate surface area is 181 Å². The summed E-state index contributed by atoms with van der Waals surface area (Å²) in [5.74, 6) is -0.173. The van der Waals surface area contributed by atoms with Crippen molar-refractivity contribution in [1.82, 2.24) is 9.88 Å². The third-order valence-corrected chi connectivity index (χ3v) is 5.30. The van der Waals surface area contributed by atoms with Crippen molar-refractivity contribution >= 4 is 23.2 Å². The Kier molecular flexibility index (Phi) is 7.20. The van der Waals surface area contributed by atoms with Crippen LogP contribution in [0, 0.1) is 17.2 Å². The lowest BCUT2D eigenvalue weighted by atomic mass is 9.88. The first-order chi connectivity index (χ1) is 14.8. The summed E-state index contributed by atoms with van der Waals surface area (Å²) in [6.07, 6.45) is 6.62. The number of alkyl halides is 1. The zero-order valence-corrected chi connectivity index (χ0v) is 18.2. The molecule has 0 radical (unpaired) electrons. The predicted octanol–water partition coefficient (Wildman–Crippen LogP) is 3.78. The number of pyridine rings is 1. The Morgan fingerprint density at radius 3 is 2.84 bits per heavy atom. The minimum Gasteiger partial charge on any atom is -0.490 e. The number of hydrogen-bond acceptors (Lipinski definition) is 6. The van der Waals surface area contributed by atoms with Gasteiger partial charge in [0.25, 0.3) is 5.91 Å². The van der Waals surface area contributed by atoms with Crippen molar-refractivity contribution in [3.8, 4) is 5.75 Å². The van der Waals surface area contributed by atoms with E-state index < -0.39 is 12.1 Å². The molecule has 0 bridgehead atoms. The fraction of sp³-hybridized carbons (Fsp3) is 0.478. The molecule has 1 aromatic rings. The molecule has 1 unspecified atom stereocenters. The molecule has 3 rings (SSSR count). The van der Waals surface area contributed by atoms with Gasteiger partial charge in [0.15, 0.2) is 11.6 Å². The standard InChI is InChI=1S/C23H29FN4O3/c1-4-31-20-10-15(23(30)28-9-5-6-16(24)13-28)12-26-22(20)27-17-7-8-18(19(25)11-17)21(29)14(2)3/h7-8,10-12,14,16,18,25H,4-6,9,13H2,1-3H3,(H,26,27)/t16-,18?/m1/s1. The van der Waals surface area contributed by atoms with Crippen LogP contribution in [0.5, 0.6) is 5.75 Å². The van der Waals surface area contributed by atoms with Crippen LogP contribution in [0.2, 0.25) is 0 Å². The van der Waals surface area contributed by atoms with Crippen molar-refractivity contribution in [2.24, 2.45) is 11.8 Å². The van der Waals surface area contributed by atoms with Gasteiger partial charge in [-0.2, -0.15) is 0 Å². The minimum atomic E-state index is -0.996. The van der Waals surface area contributed by atoms with E-state index in [1.165, 1.54) is 11.1 Å². The lowest BCUT2D eigenvalue weighted by Gasteiger charge is -2.29. The summed E-state index contributed by atoms with van der Waals surface area (Å²) in [7, 11) is 0. The number of carbonyl (C=O) groups is 2. The molecule has 166 valence electrons. The van der Waals surface area contributed by atoms with E-state index >= 15 is 0 Å². The van der Waals surface area contributed by atoms with Crippen molar-refractivity contribution in [1.29, 1.82) is 5.41 Å². The highest BCUT2D eigenvalue weighted by Gasteiger charge is 2.26. The molecule has 2 aliphatic rings. The molecule has 1 amide bonds. The number of aromatic nitrogens is 1. The van der Waals surface area contributed by atoms with Gasteiger partial charge in [-0.25, -0.2) is 9.37 Å². The fourth-order valence-corrected chi connectivity index (χ4v) is 3.64. The van der Waals surface area contributed by atoms with Crippen molar-refractivity contribution in [3.05, 3.63) is 41.8 Å². The van der Waals surface area contributed by atoms with Crippen LogP contribution < -0.4 is 10.1 Å². The topological polar surface area (TPSA) is 95.4 Å². The number of nitrogens with one attached hydrogen (secondary N) is 2. The van der Waals surface area contributed by atoms with Crippen LogP contribution in [0.25, 0.3) is 0 Å². The van der Waals surface area contributed by atoms with Crippen LogP contribution in [0.4, 0.5) is 10.2 Å². The van der Waals surface area contributed by atoms with Gasteiger partial charge >= 0.3 is 0 Å². The number of hydrogen-bond donors (Lipinski definition) is 2. The maximum Gasteiger partial charge on any atom is 0.255 e. The second-order valence-electron chi connectivity index (χ2n) is 8.07. The minimum absolute atomic E-state index is 0.000719. The highest BCUT2D eigenvalue weighted by atomic mass is 19.1. The molecule has 1 aromatic heterocycles. The maximum atomic E-state index is 13.7. The molecule has 7 nitrogen and oxygen atoms in total. The number of anilines is 1. The van der Waals surface area contributed by atoms with E-state index in [1.807, 2.05) is 20.8 Å². The number of carbonyl (C=O) groups excluding carboxylic acids is 2. The highest BCUT2D eigenvalue weighted by Crippen LogP contribution is 2.27. The smallest absolute Gasteiger partial charge is 0.255 e. The third kappa shape index (κ3) is 5.37. The van der Waals surface area contributed by atoms with Crippen molar-refractivity contribution in [2.75, 3.05) is 25.0 Å². The van der Waals surface area contributed by atoms with Crippen LogP contribution in [-0.4, -0.2) is 53.2 Å². The molecule has 0 saturated carbocycles. The lowest BCUT2D eigenvalue weighted by molar-refractivity contribution is -0.122. The van der Waals surface area contributed by atoms with Gasteiger partial charge in [-0.05, 0) is 38.0 Å². The number of likely N-dealkylation sites (tertiary alicyclic amines) is 1. The molecule has 2 N–H and O–H groups in total. The van der Waals surface area contributed by atoms with E-state index in [2.05, 4.69) is 10.3 Å². The normalized spacial score (nSPS) is 21.1. The van der Waals surface area contributed by atoms with Crippen molar-refractivity contribution < 1.29 is 18.7 Å². The van der Waals surface area contributed by atoms with E-state index in [9.17, 15) is 14.0 Å². The molecule has 2 heterocycles. The molecule has 1 fully saturated rings. The van der Waals surface area contributed by atoms with E-state index in [0.29, 0.717) is 48.8 Å². The second kappa shape index (κ2) is 9.85. The van der Waals surface area contributed by atoms with Crippen LogP contribution in [0.15, 0.2) is 36.2 Å². The van der Waals surface area contributed by atoms with E-state index in [1.54, 1.807) is 24.3 Å². The Morgan fingerprint density at radius 2 is 2.19 bits per heavy atom. The van der Waals surface area contributed by atoms with E-state index in [4.69, 9.17) is 10.1 Å². The number of ether oxygens (including phenoxy) is 1. The van der Waals surface area contributed by atoms with Crippen LogP contribution in [0.1, 0.15) is 44.0 Å². The summed E-state index contributed by atoms with van der Waals surface area (Å²) in [6.45, 7) is 6.46. The predicted molar refractivity (Wildman–Crippen MR) is 117 cm³/mol. The molecule has 1 saturated heterocycles. The molecule has 8 heteroatoms. The quantitative estimate of drug-likeness (QED) is 0.689. The third-order valence-electron chi connectivity index (χ3n) is 5.30. The number of piperidine rings is 1. The fourth-order valence-electron chi connectivity index (χ4n) is 3.64. The number of halogens is 1. The first kappa shape index (κ1) is 22.7. The molecule has 2 atom stereocenters. The van der Waals surface area contributed by atoms with E-state index in [0.717, 1.165) is 0 Å². The molecular formula is C23H29FN4O3. The Morgan fingerprint density at radius 1 is 1.42 bits per heavy atom. The molecular weight excluding hydrogens is 399 g/mol. The summed E-state index contributed by atoms with van der Waals surface area (Å²) in [6, 6.07) is 1.60. The van der Waals surface area contributed by atoms with Crippen LogP contribution in [-0.2, 0) is 4.79 Å². The van der Waals surface area contributed by atoms with Gasteiger partial charge in [-0.15, -0.1) is 0 Å². The summed E-state index contributed by atoms with van der Waals surface area (Å²) in [5.41, 5.74) is 1.15. The first-order valence-corrected chi connectivity index (χ1v) is 10.7. The van der Waals surface area contributed by atoms with Gasteiger partial charge in [0, 0.05) is 30.1 Å². The molecule has 1 aliphatic heterocycles. The zero-order chi connectivity index (χ0) is 22.5. The van der Waals surface area contributed by atoms with Gasteiger partial charge in [0.05, 0.1) is 24.6 Å². The van der Waals surface area contributed by atoms with Crippen LogP contribution in [0.3, 0.4) is 0 Å². The Hall–Kier alpha value is -3.03. The number of amides is 1. The van der Waals surface area contributed by atoms with E-state index in [-0.39, 0.29) is 29.9 Å². The summed E-state index contributed by atoms with van der Waals surface area (Å²) in [5, 5.41) is 11.3. The average molecular weight is 429 g/mol. The number of ketones is 1. The molecule has 0 spiro atoms. The second-order valence-corrected chi connectivity index (χ2v) is 8.07. The van der Waals surface area contributed by atoms with Crippen LogP contribution >= 0.6 is 0 Å². The Balaban J connectivity index is 1.77. The number of rotatable bonds is 7. The van der Waals surface area contributed by atoms with Gasteiger partial charge in [-0.3, -0.25) is 9.59 Å².